The van der Waals surface area contributed by atoms with Crippen molar-refractivity contribution in [3.8, 4) is 11.5 Å². The first-order chi connectivity index (χ1) is 7.75. The Balaban J connectivity index is 1.93. The molecule has 1 unspecified atom stereocenters. The second kappa shape index (κ2) is 5.18. The number of hydrogen-bond acceptors (Lipinski definition) is 6. The molecule has 0 aliphatic carbocycles. The molecule has 2 aromatic rings. The lowest BCUT2D eigenvalue weighted by atomic mass is 10.1. The van der Waals surface area contributed by atoms with Crippen LogP contribution >= 0.6 is 11.3 Å². The van der Waals surface area contributed by atoms with Crippen LogP contribution in [-0.4, -0.2) is 21.2 Å². The van der Waals surface area contributed by atoms with E-state index in [1.165, 1.54) is 11.3 Å². The highest BCUT2D eigenvalue weighted by atomic mass is 32.1. The van der Waals surface area contributed by atoms with Gasteiger partial charge >= 0.3 is 0 Å². The highest BCUT2D eigenvalue weighted by Crippen LogP contribution is 2.15. The Hall–Kier alpha value is -1.27. The van der Waals surface area contributed by atoms with Gasteiger partial charge in [-0.15, -0.1) is 11.3 Å². The maximum absolute atomic E-state index is 5.66. The van der Waals surface area contributed by atoms with Crippen LogP contribution in [0.15, 0.2) is 15.4 Å². The van der Waals surface area contributed by atoms with Gasteiger partial charge in [-0.2, -0.15) is 4.98 Å². The van der Waals surface area contributed by atoms with Gasteiger partial charge in [0.1, 0.15) is 5.69 Å². The number of nitrogens with two attached hydrogens (primary N) is 1. The molecule has 0 spiro atoms. The Labute approximate surface area is 97.7 Å². The largest absolute Gasteiger partial charge is 0.339 e. The lowest BCUT2D eigenvalue weighted by Crippen LogP contribution is -2.14. The van der Waals surface area contributed by atoms with E-state index in [-0.39, 0.29) is 6.04 Å². The molecule has 16 heavy (non-hydrogen) atoms. The standard InChI is InChI=1S/C10H14N4OS/c1-7(11)3-2-4-9-13-10(14-15-9)8-5-16-6-12-8/h5-7H,2-4,11H2,1H3. The quantitative estimate of drug-likeness (QED) is 0.860. The van der Waals surface area contributed by atoms with E-state index < -0.39 is 0 Å². The third kappa shape index (κ3) is 2.86. The van der Waals surface area contributed by atoms with Crippen LogP contribution in [0.2, 0.25) is 0 Å². The summed E-state index contributed by atoms with van der Waals surface area (Å²) < 4.78 is 5.13. The summed E-state index contributed by atoms with van der Waals surface area (Å²) >= 11 is 1.52. The van der Waals surface area contributed by atoms with E-state index in [4.69, 9.17) is 10.3 Å². The van der Waals surface area contributed by atoms with E-state index in [0.29, 0.717) is 11.7 Å². The molecule has 0 bridgehead atoms. The third-order valence-electron chi connectivity index (χ3n) is 2.18. The number of hydrogen-bond donors (Lipinski definition) is 1. The van der Waals surface area contributed by atoms with E-state index in [0.717, 1.165) is 25.0 Å². The zero-order chi connectivity index (χ0) is 11.4. The van der Waals surface area contributed by atoms with Crippen molar-refractivity contribution in [3.05, 3.63) is 16.8 Å². The van der Waals surface area contributed by atoms with Gasteiger partial charge in [0, 0.05) is 17.8 Å². The lowest BCUT2D eigenvalue weighted by Gasteiger charge is -2.00. The summed E-state index contributed by atoms with van der Waals surface area (Å²) in [7, 11) is 0. The molecule has 6 heteroatoms. The molecule has 0 saturated carbocycles. The minimum Gasteiger partial charge on any atom is -0.339 e. The number of aryl methyl sites for hydroxylation is 1. The molecule has 0 aliphatic rings. The first-order valence-corrected chi connectivity index (χ1v) is 6.16. The van der Waals surface area contributed by atoms with Crippen LogP contribution in [0.25, 0.3) is 11.5 Å². The summed E-state index contributed by atoms with van der Waals surface area (Å²) in [5.74, 6) is 1.22. The zero-order valence-electron chi connectivity index (χ0n) is 9.09. The van der Waals surface area contributed by atoms with Crippen LogP contribution in [0.4, 0.5) is 0 Å². The summed E-state index contributed by atoms with van der Waals surface area (Å²) in [6.45, 7) is 1.99. The normalized spacial score (nSPS) is 12.9. The van der Waals surface area contributed by atoms with Crippen LogP contribution in [0.5, 0.6) is 0 Å². The fraction of sp³-hybridized carbons (Fsp3) is 0.500. The molecule has 1 atom stereocenters. The minimum absolute atomic E-state index is 0.223. The smallest absolute Gasteiger partial charge is 0.227 e. The molecule has 2 N–H and O–H groups in total. The average Bonchev–Trinajstić information content (AvgIpc) is 2.85. The summed E-state index contributed by atoms with van der Waals surface area (Å²) in [6, 6.07) is 0.223. The first kappa shape index (κ1) is 11.2. The maximum Gasteiger partial charge on any atom is 0.227 e. The summed E-state index contributed by atoms with van der Waals surface area (Å²) in [5, 5.41) is 5.78. The number of rotatable bonds is 5. The molecule has 5 nitrogen and oxygen atoms in total. The molecule has 2 rings (SSSR count). The van der Waals surface area contributed by atoms with Crippen molar-refractivity contribution in [1.29, 1.82) is 0 Å². The average molecular weight is 238 g/mol. The highest BCUT2D eigenvalue weighted by Gasteiger charge is 2.09. The van der Waals surface area contributed by atoms with Crippen molar-refractivity contribution >= 4 is 11.3 Å². The maximum atomic E-state index is 5.66. The van der Waals surface area contributed by atoms with Gasteiger partial charge in [0.25, 0.3) is 0 Å². The molecule has 2 heterocycles. The van der Waals surface area contributed by atoms with Crippen LogP contribution < -0.4 is 5.73 Å². The minimum atomic E-state index is 0.223. The van der Waals surface area contributed by atoms with E-state index in [1.54, 1.807) is 5.51 Å². The topological polar surface area (TPSA) is 77.8 Å². The van der Waals surface area contributed by atoms with E-state index in [1.807, 2.05) is 12.3 Å². The number of aromatic nitrogens is 3. The second-order valence-electron chi connectivity index (χ2n) is 3.75. The van der Waals surface area contributed by atoms with E-state index in [9.17, 15) is 0 Å². The fourth-order valence-electron chi connectivity index (χ4n) is 1.36. The summed E-state index contributed by atoms with van der Waals surface area (Å²) in [6.07, 6.45) is 2.71. The van der Waals surface area contributed by atoms with Gasteiger partial charge in [0.2, 0.25) is 11.7 Å². The van der Waals surface area contributed by atoms with Gasteiger partial charge in [0.05, 0.1) is 5.51 Å². The predicted octanol–water partition coefficient (Wildman–Crippen LogP) is 1.86. The molecule has 0 amide bonds. The Morgan fingerprint density at radius 2 is 2.44 bits per heavy atom. The van der Waals surface area contributed by atoms with Crippen molar-refractivity contribution in [1.82, 2.24) is 15.1 Å². The van der Waals surface area contributed by atoms with Crippen molar-refractivity contribution in [3.63, 3.8) is 0 Å². The van der Waals surface area contributed by atoms with Crippen molar-refractivity contribution in [2.75, 3.05) is 0 Å². The molecular weight excluding hydrogens is 224 g/mol. The number of nitrogens with zero attached hydrogens (tertiary/aromatic N) is 3. The predicted molar refractivity (Wildman–Crippen MR) is 62.0 cm³/mol. The zero-order valence-corrected chi connectivity index (χ0v) is 9.91. The molecule has 0 aromatic carbocycles. The van der Waals surface area contributed by atoms with Crippen LogP contribution in [0.3, 0.4) is 0 Å². The molecule has 0 aliphatic heterocycles. The van der Waals surface area contributed by atoms with Gasteiger partial charge in [-0.1, -0.05) is 5.16 Å². The molecular formula is C10H14N4OS. The van der Waals surface area contributed by atoms with Crippen LogP contribution in [-0.2, 0) is 6.42 Å². The van der Waals surface area contributed by atoms with Gasteiger partial charge in [-0.05, 0) is 19.8 Å². The number of thiazole rings is 1. The Morgan fingerprint density at radius 1 is 1.56 bits per heavy atom. The fourth-order valence-corrected chi connectivity index (χ4v) is 1.89. The Kier molecular flexibility index (Phi) is 3.63. The second-order valence-corrected chi connectivity index (χ2v) is 4.47. The highest BCUT2D eigenvalue weighted by molar-refractivity contribution is 7.07. The molecule has 86 valence electrons. The molecule has 0 saturated heterocycles. The lowest BCUT2D eigenvalue weighted by molar-refractivity contribution is 0.373. The third-order valence-corrected chi connectivity index (χ3v) is 2.77. The van der Waals surface area contributed by atoms with Crippen molar-refractivity contribution < 1.29 is 4.52 Å². The molecule has 2 aromatic heterocycles. The van der Waals surface area contributed by atoms with Crippen molar-refractivity contribution in [2.45, 2.75) is 32.2 Å². The summed E-state index contributed by atoms with van der Waals surface area (Å²) in [4.78, 5) is 8.40. The summed E-state index contributed by atoms with van der Waals surface area (Å²) in [5.41, 5.74) is 8.19. The van der Waals surface area contributed by atoms with Crippen LogP contribution in [0.1, 0.15) is 25.7 Å². The van der Waals surface area contributed by atoms with Gasteiger partial charge in [-0.3, -0.25) is 0 Å². The molecule has 0 radical (unpaired) electrons. The van der Waals surface area contributed by atoms with E-state index in [2.05, 4.69) is 15.1 Å². The molecule has 0 fully saturated rings. The SMILES string of the molecule is CC(N)CCCc1nc(-c2cscn2)no1. The van der Waals surface area contributed by atoms with E-state index >= 15 is 0 Å². The van der Waals surface area contributed by atoms with Gasteiger partial charge in [0.15, 0.2) is 0 Å². The van der Waals surface area contributed by atoms with Crippen molar-refractivity contribution in [2.24, 2.45) is 5.73 Å². The monoisotopic (exact) mass is 238 g/mol. The van der Waals surface area contributed by atoms with Gasteiger partial charge < -0.3 is 10.3 Å². The Bertz CT molecular complexity index is 424. The Morgan fingerprint density at radius 3 is 3.12 bits per heavy atom. The van der Waals surface area contributed by atoms with Gasteiger partial charge in [-0.25, -0.2) is 4.98 Å². The first-order valence-electron chi connectivity index (χ1n) is 5.22. The van der Waals surface area contributed by atoms with Crippen LogP contribution in [0, 0.1) is 0 Å².